The summed E-state index contributed by atoms with van der Waals surface area (Å²) in [5.41, 5.74) is 13.8. The Labute approximate surface area is 215 Å². The maximum Gasteiger partial charge on any atom is 0.337 e. The molecule has 0 radical (unpaired) electrons. The van der Waals surface area contributed by atoms with E-state index in [1.54, 1.807) is 6.20 Å². The predicted octanol–water partition coefficient (Wildman–Crippen LogP) is 5.91. The number of aryl methyl sites for hydroxylation is 1. The van der Waals surface area contributed by atoms with Crippen molar-refractivity contribution in [2.24, 2.45) is 11.1 Å². The second-order valence-corrected chi connectivity index (χ2v) is 11.1. The van der Waals surface area contributed by atoms with E-state index in [1.807, 2.05) is 18.2 Å². The van der Waals surface area contributed by atoms with Gasteiger partial charge < -0.3 is 21.1 Å². The number of nitrogens with one attached hydrogen (secondary N) is 1. The molecule has 2 aliphatic heterocycles. The van der Waals surface area contributed by atoms with Crippen LogP contribution in [-0.2, 0) is 17.6 Å². The molecule has 1 aromatic carbocycles. The molecule has 1 saturated carbocycles. The minimum absolute atomic E-state index is 0.0688. The zero-order chi connectivity index (χ0) is 26.2. The van der Waals surface area contributed by atoms with Gasteiger partial charge in [-0.3, -0.25) is 0 Å². The van der Waals surface area contributed by atoms with Crippen LogP contribution in [0, 0.1) is 5.41 Å². The van der Waals surface area contributed by atoms with Crippen molar-refractivity contribution in [1.29, 1.82) is 0 Å². The molecule has 2 heterocycles. The average Bonchev–Trinajstić information content (AvgIpc) is 2.79. The lowest BCUT2D eigenvalue weighted by Gasteiger charge is -2.46. The smallest absolute Gasteiger partial charge is 0.337 e. The van der Waals surface area contributed by atoms with Crippen molar-refractivity contribution < 1.29 is 9.90 Å². The third kappa shape index (κ3) is 4.92. The minimum Gasteiger partial charge on any atom is -0.478 e. The van der Waals surface area contributed by atoms with Crippen LogP contribution in [-0.4, -0.2) is 28.1 Å². The van der Waals surface area contributed by atoms with Gasteiger partial charge >= 0.3 is 5.97 Å². The van der Waals surface area contributed by atoms with E-state index < -0.39 is 5.97 Å². The third-order valence-corrected chi connectivity index (χ3v) is 7.62. The Morgan fingerprint density at radius 2 is 2.00 bits per heavy atom. The molecular formula is C31H39N3O2. The molecule has 0 saturated heterocycles. The molecule has 4 N–H and O–H groups in total. The highest BCUT2D eigenvalue weighted by molar-refractivity contribution is 5.95. The number of allylic oxidation sites excluding steroid dienone is 5. The highest BCUT2D eigenvalue weighted by Gasteiger charge is 2.39. The molecule has 0 spiro atoms. The lowest BCUT2D eigenvalue weighted by atomic mass is 9.75. The van der Waals surface area contributed by atoms with Crippen LogP contribution in [0.1, 0.15) is 69.2 Å². The van der Waals surface area contributed by atoms with Crippen LogP contribution in [0.25, 0.3) is 11.3 Å². The van der Waals surface area contributed by atoms with Gasteiger partial charge in [0.2, 0.25) is 0 Å². The number of carboxylic acids is 1. The molecule has 5 heteroatoms. The van der Waals surface area contributed by atoms with Crippen molar-refractivity contribution >= 4 is 17.2 Å². The van der Waals surface area contributed by atoms with Gasteiger partial charge in [0.15, 0.2) is 0 Å². The van der Waals surface area contributed by atoms with Crippen molar-refractivity contribution in [3.05, 3.63) is 95.0 Å². The van der Waals surface area contributed by atoms with Gasteiger partial charge in [-0.15, -0.1) is 0 Å². The monoisotopic (exact) mass is 485 g/mol. The normalized spacial score (nSPS) is 20.6. The topological polar surface area (TPSA) is 78.6 Å². The summed E-state index contributed by atoms with van der Waals surface area (Å²) in [4.78, 5) is 14.0. The Balaban J connectivity index is 1.79. The largest absolute Gasteiger partial charge is 0.478 e. The number of carboxylic acid groups (broad SMARTS) is 1. The fourth-order valence-corrected chi connectivity index (χ4v) is 5.25. The Bertz CT molecular complexity index is 1220. The summed E-state index contributed by atoms with van der Waals surface area (Å²) < 4.78 is 0. The molecule has 1 aromatic rings. The first-order chi connectivity index (χ1) is 17.0. The second-order valence-electron chi connectivity index (χ2n) is 11.1. The molecule has 1 fully saturated rings. The quantitative estimate of drug-likeness (QED) is 0.418. The number of hydrogen-bond acceptors (Lipinski definition) is 4. The van der Waals surface area contributed by atoms with E-state index in [4.69, 9.17) is 5.73 Å². The lowest BCUT2D eigenvalue weighted by Crippen LogP contribution is -2.46. The maximum atomic E-state index is 11.9. The summed E-state index contributed by atoms with van der Waals surface area (Å²) in [6.45, 7) is 16.9. The van der Waals surface area contributed by atoms with Gasteiger partial charge in [-0.25, -0.2) is 4.79 Å². The Hall–Kier alpha value is -3.47. The highest BCUT2D eigenvalue weighted by Crippen LogP contribution is 2.44. The highest BCUT2D eigenvalue weighted by atomic mass is 16.4. The maximum absolute atomic E-state index is 11.9. The lowest BCUT2D eigenvalue weighted by molar-refractivity contribution is -0.132. The van der Waals surface area contributed by atoms with Gasteiger partial charge in [0.1, 0.15) is 0 Å². The zero-order valence-electron chi connectivity index (χ0n) is 22.0. The van der Waals surface area contributed by atoms with E-state index >= 15 is 0 Å². The van der Waals surface area contributed by atoms with Crippen LogP contribution in [0.4, 0.5) is 0 Å². The molecule has 3 aliphatic rings. The predicted molar refractivity (Wildman–Crippen MR) is 149 cm³/mol. The van der Waals surface area contributed by atoms with Crippen LogP contribution in [0.5, 0.6) is 0 Å². The van der Waals surface area contributed by atoms with Crippen molar-refractivity contribution in [2.75, 3.05) is 0 Å². The van der Waals surface area contributed by atoms with Crippen molar-refractivity contribution in [1.82, 2.24) is 10.2 Å². The van der Waals surface area contributed by atoms with Crippen LogP contribution in [0.3, 0.4) is 0 Å². The first kappa shape index (κ1) is 25.6. The van der Waals surface area contributed by atoms with Crippen molar-refractivity contribution in [3.63, 3.8) is 0 Å². The van der Waals surface area contributed by atoms with Crippen molar-refractivity contribution in [2.45, 2.75) is 71.9 Å². The molecule has 1 aliphatic carbocycles. The third-order valence-electron chi connectivity index (χ3n) is 7.62. The molecule has 5 nitrogen and oxygen atoms in total. The Morgan fingerprint density at radius 3 is 2.56 bits per heavy atom. The van der Waals surface area contributed by atoms with E-state index in [2.05, 4.69) is 69.3 Å². The van der Waals surface area contributed by atoms with E-state index in [0.717, 1.165) is 35.2 Å². The van der Waals surface area contributed by atoms with Gasteiger partial charge in [-0.1, -0.05) is 59.1 Å². The van der Waals surface area contributed by atoms with Crippen molar-refractivity contribution in [3.8, 4) is 0 Å². The molecule has 1 atom stereocenters. The Kier molecular flexibility index (Phi) is 7.03. The van der Waals surface area contributed by atoms with Crippen LogP contribution < -0.4 is 11.1 Å². The molecule has 190 valence electrons. The fourth-order valence-electron chi connectivity index (χ4n) is 5.25. The number of aliphatic carboxylic acids is 1. The summed E-state index contributed by atoms with van der Waals surface area (Å²) in [5, 5.41) is 13.1. The molecule has 4 rings (SSSR count). The standard InChI is InChI=1S/C31H39N3O2/c1-7-20(12-13-29(32)33-23-10-9-11-23)24-16-22-17-28(31(4,5)6)34-18-26(30(35)36)19(3)14-27(34)25(22)15-21(24)8-2/h7,12-16,18,23,28,33H,1,3,8-11,17,32H2,2,4-6H3,(H,35,36)/b20-12+,29-13+. The first-order valence-electron chi connectivity index (χ1n) is 12.9. The van der Waals surface area contributed by atoms with Crippen LogP contribution in [0.15, 0.2) is 72.8 Å². The summed E-state index contributed by atoms with van der Waals surface area (Å²) >= 11 is 0. The first-order valence-corrected chi connectivity index (χ1v) is 12.9. The SMILES string of the molecule is C=C/C(=C\C=C(/N)NC1CCC1)c1cc2c(cc1CC)C1=CC(=C)C(C(=O)O)=CN1C(C(C)(C)C)C2. The summed E-state index contributed by atoms with van der Waals surface area (Å²) in [6.07, 6.45) is 14.9. The fraction of sp³-hybridized carbons (Fsp3) is 0.387. The van der Waals surface area contributed by atoms with Crippen LogP contribution >= 0.6 is 0 Å². The summed E-state index contributed by atoms with van der Waals surface area (Å²) in [7, 11) is 0. The molecule has 1 unspecified atom stereocenters. The number of fused-ring (bicyclic) bond motifs is 3. The van der Waals surface area contributed by atoms with E-state index in [1.165, 1.54) is 30.4 Å². The average molecular weight is 486 g/mol. The van der Waals surface area contributed by atoms with Crippen LogP contribution in [0.2, 0.25) is 0 Å². The molecule has 0 amide bonds. The van der Waals surface area contributed by atoms with E-state index in [0.29, 0.717) is 17.4 Å². The van der Waals surface area contributed by atoms with Gasteiger partial charge in [0, 0.05) is 29.5 Å². The number of benzene rings is 1. The number of rotatable bonds is 7. The molecular weight excluding hydrogens is 446 g/mol. The summed E-state index contributed by atoms with van der Waals surface area (Å²) in [5.74, 6) is -0.261. The number of nitrogens with zero attached hydrogens (tertiary/aromatic N) is 1. The Morgan fingerprint density at radius 1 is 1.28 bits per heavy atom. The zero-order valence-corrected chi connectivity index (χ0v) is 22.0. The second kappa shape index (κ2) is 9.88. The van der Waals surface area contributed by atoms with E-state index in [9.17, 15) is 9.90 Å². The molecule has 0 aromatic heterocycles. The summed E-state index contributed by atoms with van der Waals surface area (Å²) in [6, 6.07) is 5.15. The molecule has 36 heavy (non-hydrogen) atoms. The van der Waals surface area contributed by atoms with Gasteiger partial charge in [-0.2, -0.15) is 0 Å². The number of nitrogens with two attached hydrogens (primary N) is 1. The number of hydrogen-bond donors (Lipinski definition) is 3. The van der Waals surface area contributed by atoms with Gasteiger partial charge in [0.05, 0.1) is 11.4 Å². The van der Waals surface area contributed by atoms with Gasteiger partial charge in [0.25, 0.3) is 0 Å². The number of carbonyl (C=O) groups is 1. The molecule has 0 bridgehead atoms. The van der Waals surface area contributed by atoms with E-state index in [-0.39, 0.29) is 17.0 Å². The van der Waals surface area contributed by atoms with Gasteiger partial charge in [-0.05, 0) is 83.6 Å². The minimum atomic E-state index is -0.946.